The molecule has 1 N–H and O–H groups in total. The van der Waals surface area contributed by atoms with Crippen LogP contribution in [0.4, 0.5) is 4.79 Å². The van der Waals surface area contributed by atoms with Gasteiger partial charge in [0.05, 0.1) is 17.7 Å². The van der Waals surface area contributed by atoms with Crippen LogP contribution in [0.1, 0.15) is 5.56 Å². The van der Waals surface area contributed by atoms with Crippen LogP contribution in [-0.2, 0) is 11.3 Å². The third-order valence-electron chi connectivity index (χ3n) is 3.44. The van der Waals surface area contributed by atoms with Crippen LogP contribution in [0.2, 0.25) is 5.02 Å². The average Bonchev–Trinajstić information content (AvgIpc) is 3.11. The number of halogens is 2. The number of hydrogen-bond acceptors (Lipinski definition) is 5. The number of nitrogens with zero attached hydrogens (tertiary/aromatic N) is 2. The SMILES string of the molecule is COC(=O)NCc1cc(-c2noc(-c3ccccc3Cl)n2)ccc1Br. The summed E-state index contributed by atoms with van der Waals surface area (Å²) in [7, 11) is 1.32. The zero-order chi connectivity index (χ0) is 17.8. The van der Waals surface area contributed by atoms with Gasteiger partial charge in [-0.2, -0.15) is 4.98 Å². The largest absolute Gasteiger partial charge is 0.453 e. The fraction of sp³-hybridized carbons (Fsp3) is 0.118. The number of nitrogens with one attached hydrogen (secondary N) is 1. The molecule has 2 aromatic carbocycles. The van der Waals surface area contributed by atoms with E-state index in [0.29, 0.717) is 28.8 Å². The van der Waals surface area contributed by atoms with E-state index in [9.17, 15) is 4.79 Å². The Bertz CT molecular complexity index is 914. The first-order valence-corrected chi connectivity index (χ1v) is 8.45. The van der Waals surface area contributed by atoms with Crippen LogP contribution in [0.5, 0.6) is 0 Å². The standard InChI is InChI=1S/C17H13BrClN3O3/c1-24-17(23)20-9-11-8-10(6-7-13(11)18)15-21-16(25-22-15)12-4-2-3-5-14(12)19/h2-8H,9H2,1H3,(H,20,23). The Balaban J connectivity index is 1.88. The van der Waals surface area contributed by atoms with Gasteiger partial charge in [0.25, 0.3) is 5.89 Å². The van der Waals surface area contributed by atoms with Gasteiger partial charge in [0.1, 0.15) is 0 Å². The van der Waals surface area contributed by atoms with E-state index in [1.165, 1.54) is 7.11 Å². The number of aromatic nitrogens is 2. The Morgan fingerprint density at radius 2 is 2.12 bits per heavy atom. The Morgan fingerprint density at radius 1 is 1.32 bits per heavy atom. The number of rotatable bonds is 4. The predicted molar refractivity (Wildman–Crippen MR) is 97.1 cm³/mol. The first-order chi connectivity index (χ1) is 12.1. The number of ether oxygens (including phenoxy) is 1. The molecular weight excluding hydrogens is 410 g/mol. The molecule has 3 rings (SSSR count). The van der Waals surface area contributed by atoms with Crippen molar-refractivity contribution in [3.63, 3.8) is 0 Å². The van der Waals surface area contributed by atoms with Crippen molar-refractivity contribution in [2.24, 2.45) is 0 Å². The maximum atomic E-state index is 11.2. The predicted octanol–water partition coefficient (Wildman–Crippen LogP) is 4.68. The molecule has 6 nitrogen and oxygen atoms in total. The quantitative estimate of drug-likeness (QED) is 0.661. The summed E-state index contributed by atoms with van der Waals surface area (Å²) >= 11 is 9.61. The van der Waals surface area contributed by atoms with Gasteiger partial charge in [-0.25, -0.2) is 4.79 Å². The summed E-state index contributed by atoms with van der Waals surface area (Å²) in [6.07, 6.45) is -0.502. The summed E-state index contributed by atoms with van der Waals surface area (Å²) in [6, 6.07) is 12.8. The number of carbonyl (C=O) groups excluding carboxylic acids is 1. The molecule has 1 aromatic heterocycles. The van der Waals surface area contributed by atoms with Crippen molar-refractivity contribution < 1.29 is 14.1 Å². The summed E-state index contributed by atoms with van der Waals surface area (Å²) in [4.78, 5) is 15.6. The lowest BCUT2D eigenvalue weighted by Crippen LogP contribution is -2.22. The number of methoxy groups -OCH3 is 1. The van der Waals surface area contributed by atoms with Crippen molar-refractivity contribution in [3.05, 3.63) is 57.5 Å². The van der Waals surface area contributed by atoms with E-state index in [0.717, 1.165) is 15.6 Å². The third-order valence-corrected chi connectivity index (χ3v) is 4.55. The van der Waals surface area contributed by atoms with Crippen LogP contribution in [0.15, 0.2) is 51.5 Å². The van der Waals surface area contributed by atoms with E-state index in [2.05, 4.69) is 36.1 Å². The lowest BCUT2D eigenvalue weighted by molar-refractivity contribution is 0.170. The summed E-state index contributed by atoms with van der Waals surface area (Å²) in [5.74, 6) is 0.777. The number of benzene rings is 2. The molecule has 0 bridgehead atoms. The highest BCUT2D eigenvalue weighted by molar-refractivity contribution is 9.10. The van der Waals surface area contributed by atoms with Crippen LogP contribution in [-0.4, -0.2) is 23.3 Å². The van der Waals surface area contributed by atoms with Gasteiger partial charge < -0.3 is 14.6 Å². The highest BCUT2D eigenvalue weighted by Crippen LogP contribution is 2.29. The molecule has 0 aliphatic rings. The second-order valence-corrected chi connectivity index (χ2v) is 6.32. The minimum atomic E-state index is -0.502. The van der Waals surface area contributed by atoms with Gasteiger partial charge >= 0.3 is 6.09 Å². The molecule has 128 valence electrons. The maximum Gasteiger partial charge on any atom is 0.407 e. The zero-order valence-electron chi connectivity index (χ0n) is 13.1. The monoisotopic (exact) mass is 421 g/mol. The van der Waals surface area contributed by atoms with Crippen molar-refractivity contribution in [1.82, 2.24) is 15.5 Å². The minimum absolute atomic E-state index is 0.302. The molecule has 0 radical (unpaired) electrons. The van der Waals surface area contributed by atoms with Gasteiger partial charge in [-0.1, -0.05) is 44.8 Å². The van der Waals surface area contributed by atoms with Crippen LogP contribution in [0.25, 0.3) is 22.8 Å². The molecule has 0 unspecified atom stereocenters. The van der Waals surface area contributed by atoms with Crippen LogP contribution >= 0.6 is 27.5 Å². The second kappa shape index (κ2) is 7.67. The summed E-state index contributed by atoms with van der Waals surface area (Å²) in [6.45, 7) is 0.302. The van der Waals surface area contributed by atoms with Crippen molar-refractivity contribution >= 4 is 33.6 Å². The third kappa shape index (κ3) is 4.00. The highest BCUT2D eigenvalue weighted by atomic mass is 79.9. The lowest BCUT2D eigenvalue weighted by Gasteiger charge is -2.07. The lowest BCUT2D eigenvalue weighted by atomic mass is 10.1. The molecule has 8 heteroatoms. The molecule has 1 heterocycles. The molecule has 25 heavy (non-hydrogen) atoms. The fourth-order valence-electron chi connectivity index (χ4n) is 2.17. The minimum Gasteiger partial charge on any atom is -0.453 e. The first-order valence-electron chi connectivity index (χ1n) is 7.27. The second-order valence-electron chi connectivity index (χ2n) is 5.05. The maximum absolute atomic E-state index is 11.2. The van der Waals surface area contributed by atoms with Gasteiger partial charge in [0, 0.05) is 16.6 Å². The molecular formula is C17H13BrClN3O3. The van der Waals surface area contributed by atoms with E-state index >= 15 is 0 Å². The van der Waals surface area contributed by atoms with Crippen molar-refractivity contribution in [1.29, 1.82) is 0 Å². The normalized spacial score (nSPS) is 10.5. The Morgan fingerprint density at radius 3 is 2.88 bits per heavy atom. The molecule has 0 spiro atoms. The van der Waals surface area contributed by atoms with E-state index in [-0.39, 0.29) is 0 Å². The van der Waals surface area contributed by atoms with E-state index in [1.54, 1.807) is 6.07 Å². The van der Waals surface area contributed by atoms with Gasteiger partial charge in [-0.15, -0.1) is 0 Å². The van der Waals surface area contributed by atoms with Gasteiger partial charge in [0.15, 0.2) is 0 Å². The summed E-state index contributed by atoms with van der Waals surface area (Å²) in [5, 5.41) is 7.19. The molecule has 1 amide bonds. The van der Waals surface area contributed by atoms with Gasteiger partial charge in [-0.3, -0.25) is 0 Å². The first kappa shape index (κ1) is 17.4. The van der Waals surface area contributed by atoms with Crippen molar-refractivity contribution in [3.8, 4) is 22.8 Å². The number of amides is 1. The smallest absolute Gasteiger partial charge is 0.407 e. The molecule has 0 saturated heterocycles. The average molecular weight is 423 g/mol. The zero-order valence-corrected chi connectivity index (χ0v) is 15.5. The molecule has 0 atom stereocenters. The number of hydrogen-bond donors (Lipinski definition) is 1. The number of alkyl carbamates (subject to hydrolysis) is 1. The molecule has 0 aliphatic carbocycles. The molecule has 0 saturated carbocycles. The van der Waals surface area contributed by atoms with Gasteiger partial charge in [0.2, 0.25) is 5.82 Å². The van der Waals surface area contributed by atoms with E-state index < -0.39 is 6.09 Å². The molecule has 0 fully saturated rings. The fourth-order valence-corrected chi connectivity index (χ4v) is 2.78. The Kier molecular flexibility index (Phi) is 5.35. The molecule has 3 aromatic rings. The van der Waals surface area contributed by atoms with E-state index in [1.807, 2.05) is 36.4 Å². The summed E-state index contributed by atoms with van der Waals surface area (Å²) in [5.41, 5.74) is 2.28. The Labute approximate surface area is 157 Å². The van der Waals surface area contributed by atoms with Crippen LogP contribution < -0.4 is 5.32 Å². The Hall–Kier alpha value is -2.38. The van der Waals surface area contributed by atoms with Crippen LogP contribution in [0, 0.1) is 0 Å². The summed E-state index contributed by atoms with van der Waals surface area (Å²) < 4.78 is 10.7. The van der Waals surface area contributed by atoms with E-state index in [4.69, 9.17) is 16.1 Å². The highest BCUT2D eigenvalue weighted by Gasteiger charge is 2.14. The topological polar surface area (TPSA) is 77.2 Å². The van der Waals surface area contributed by atoms with Crippen LogP contribution in [0.3, 0.4) is 0 Å². The van der Waals surface area contributed by atoms with Gasteiger partial charge in [-0.05, 0) is 35.9 Å². The van der Waals surface area contributed by atoms with Crippen molar-refractivity contribution in [2.75, 3.05) is 7.11 Å². The number of carbonyl (C=O) groups is 1. The van der Waals surface area contributed by atoms with Crippen molar-refractivity contribution in [2.45, 2.75) is 6.54 Å². The molecule has 0 aliphatic heterocycles.